The molecule has 1 aromatic heterocycles. The normalized spacial score (nSPS) is 10.5. The molecule has 0 unspecified atom stereocenters. The van der Waals surface area contributed by atoms with E-state index in [9.17, 15) is 4.39 Å². The van der Waals surface area contributed by atoms with Crippen LogP contribution in [0, 0.1) is 24.1 Å². The highest BCUT2D eigenvalue weighted by Crippen LogP contribution is 2.31. The van der Waals surface area contributed by atoms with E-state index in [0.29, 0.717) is 11.1 Å². The van der Waals surface area contributed by atoms with E-state index < -0.39 is 0 Å². The third-order valence-corrected chi connectivity index (χ3v) is 3.17. The SMILES string of the molecule is Cc1cc(-c2cncc(F)c2C(C)C)ccc1C#N. The summed E-state index contributed by atoms with van der Waals surface area (Å²) in [7, 11) is 0. The zero-order chi connectivity index (χ0) is 14.0. The minimum Gasteiger partial charge on any atom is -0.261 e. The van der Waals surface area contributed by atoms with Crippen LogP contribution < -0.4 is 0 Å². The van der Waals surface area contributed by atoms with Gasteiger partial charge in [0.2, 0.25) is 0 Å². The summed E-state index contributed by atoms with van der Waals surface area (Å²) in [4.78, 5) is 3.94. The third-order valence-electron chi connectivity index (χ3n) is 3.17. The molecule has 0 fully saturated rings. The first-order valence-electron chi connectivity index (χ1n) is 6.19. The van der Waals surface area contributed by atoms with Crippen molar-refractivity contribution in [1.29, 1.82) is 5.26 Å². The highest BCUT2D eigenvalue weighted by molar-refractivity contribution is 5.69. The number of nitriles is 1. The number of hydrogen-bond donors (Lipinski definition) is 0. The van der Waals surface area contributed by atoms with E-state index in [0.717, 1.165) is 16.7 Å². The number of benzene rings is 1. The minimum atomic E-state index is -0.283. The zero-order valence-corrected chi connectivity index (χ0v) is 11.2. The maximum atomic E-state index is 13.9. The fraction of sp³-hybridized carbons (Fsp3) is 0.250. The summed E-state index contributed by atoms with van der Waals surface area (Å²) >= 11 is 0. The van der Waals surface area contributed by atoms with Crippen molar-refractivity contribution in [3.05, 3.63) is 53.1 Å². The second-order valence-corrected chi connectivity index (χ2v) is 4.88. The summed E-state index contributed by atoms with van der Waals surface area (Å²) in [5.41, 5.74) is 3.88. The molecule has 1 heterocycles. The van der Waals surface area contributed by atoms with E-state index >= 15 is 0 Å². The molecule has 0 aliphatic carbocycles. The summed E-state index contributed by atoms with van der Waals surface area (Å²) < 4.78 is 13.9. The number of aromatic nitrogens is 1. The molecule has 0 radical (unpaired) electrons. The van der Waals surface area contributed by atoms with Crippen LogP contribution in [0.5, 0.6) is 0 Å². The standard InChI is InChI=1S/C16H15FN2/c1-10(2)16-14(8-19-9-15(16)17)12-4-5-13(7-18)11(3)6-12/h4-6,8-10H,1-3H3. The van der Waals surface area contributed by atoms with Crippen LogP contribution in [0.15, 0.2) is 30.6 Å². The van der Waals surface area contributed by atoms with Crippen molar-refractivity contribution in [3.8, 4) is 17.2 Å². The summed E-state index contributed by atoms with van der Waals surface area (Å²) in [6, 6.07) is 7.64. The van der Waals surface area contributed by atoms with Crippen LogP contribution >= 0.6 is 0 Å². The van der Waals surface area contributed by atoms with Crippen LogP contribution in [0.4, 0.5) is 4.39 Å². The molecule has 0 bridgehead atoms. The van der Waals surface area contributed by atoms with Gasteiger partial charge in [-0.1, -0.05) is 26.0 Å². The van der Waals surface area contributed by atoms with E-state index in [1.807, 2.05) is 32.9 Å². The Hall–Kier alpha value is -2.21. The zero-order valence-electron chi connectivity index (χ0n) is 11.2. The Morgan fingerprint density at radius 1 is 1.26 bits per heavy atom. The predicted molar refractivity (Wildman–Crippen MR) is 73.2 cm³/mol. The van der Waals surface area contributed by atoms with Gasteiger partial charge in [-0.25, -0.2) is 4.39 Å². The molecular formula is C16H15FN2. The van der Waals surface area contributed by atoms with Crippen LogP contribution in [0.3, 0.4) is 0 Å². The number of hydrogen-bond acceptors (Lipinski definition) is 2. The Morgan fingerprint density at radius 3 is 2.58 bits per heavy atom. The van der Waals surface area contributed by atoms with Gasteiger partial charge in [-0.15, -0.1) is 0 Å². The maximum absolute atomic E-state index is 13.9. The Balaban J connectivity index is 2.63. The van der Waals surface area contributed by atoms with Crippen molar-refractivity contribution in [3.63, 3.8) is 0 Å². The molecule has 0 aliphatic rings. The molecule has 2 rings (SSSR count). The van der Waals surface area contributed by atoms with Gasteiger partial charge in [0.15, 0.2) is 0 Å². The quantitative estimate of drug-likeness (QED) is 0.805. The van der Waals surface area contributed by atoms with Crippen LogP contribution in [-0.2, 0) is 0 Å². The molecule has 0 aliphatic heterocycles. The first-order chi connectivity index (χ1) is 9.04. The first-order valence-corrected chi connectivity index (χ1v) is 6.19. The highest BCUT2D eigenvalue weighted by atomic mass is 19.1. The Bertz CT molecular complexity index is 654. The summed E-state index contributed by atoms with van der Waals surface area (Å²) in [6.45, 7) is 5.79. The smallest absolute Gasteiger partial charge is 0.145 e. The lowest BCUT2D eigenvalue weighted by molar-refractivity contribution is 0.593. The van der Waals surface area contributed by atoms with Gasteiger partial charge in [0.25, 0.3) is 0 Å². The van der Waals surface area contributed by atoms with E-state index in [1.54, 1.807) is 12.3 Å². The van der Waals surface area contributed by atoms with Crippen molar-refractivity contribution in [2.45, 2.75) is 26.7 Å². The lowest BCUT2D eigenvalue weighted by Crippen LogP contribution is -1.99. The number of pyridine rings is 1. The molecule has 0 amide bonds. The lowest BCUT2D eigenvalue weighted by atomic mass is 9.92. The van der Waals surface area contributed by atoms with Crippen LogP contribution in [0.25, 0.3) is 11.1 Å². The summed E-state index contributed by atoms with van der Waals surface area (Å²) in [5, 5.41) is 8.94. The molecule has 96 valence electrons. The van der Waals surface area contributed by atoms with Crippen molar-refractivity contribution in [2.75, 3.05) is 0 Å². The molecular weight excluding hydrogens is 239 g/mol. The Kier molecular flexibility index (Phi) is 3.62. The van der Waals surface area contributed by atoms with Gasteiger partial charge in [0.1, 0.15) is 5.82 Å². The highest BCUT2D eigenvalue weighted by Gasteiger charge is 2.14. The molecule has 0 spiro atoms. The van der Waals surface area contributed by atoms with Crippen LogP contribution in [0.1, 0.15) is 36.5 Å². The van der Waals surface area contributed by atoms with E-state index in [4.69, 9.17) is 5.26 Å². The number of aryl methyl sites for hydroxylation is 1. The summed E-state index contributed by atoms with van der Waals surface area (Å²) in [6.07, 6.45) is 2.93. The van der Waals surface area contributed by atoms with Crippen LogP contribution in [0.2, 0.25) is 0 Å². The molecule has 0 atom stereocenters. The van der Waals surface area contributed by atoms with Gasteiger partial charge in [-0.2, -0.15) is 5.26 Å². The van der Waals surface area contributed by atoms with Crippen molar-refractivity contribution in [2.24, 2.45) is 0 Å². The summed E-state index contributed by atoms with van der Waals surface area (Å²) in [5.74, 6) is -0.205. The van der Waals surface area contributed by atoms with Gasteiger partial charge >= 0.3 is 0 Å². The average Bonchev–Trinajstić information content (AvgIpc) is 2.37. The molecule has 0 saturated heterocycles. The number of nitrogens with zero attached hydrogens (tertiary/aromatic N) is 2. The third kappa shape index (κ3) is 2.48. The second-order valence-electron chi connectivity index (χ2n) is 4.88. The van der Waals surface area contributed by atoms with Gasteiger partial charge in [0, 0.05) is 17.3 Å². The van der Waals surface area contributed by atoms with Gasteiger partial charge in [-0.05, 0) is 30.0 Å². The molecule has 19 heavy (non-hydrogen) atoms. The fourth-order valence-electron chi connectivity index (χ4n) is 2.22. The average molecular weight is 254 g/mol. The largest absolute Gasteiger partial charge is 0.261 e. The van der Waals surface area contributed by atoms with Gasteiger partial charge in [-0.3, -0.25) is 4.98 Å². The lowest BCUT2D eigenvalue weighted by Gasteiger charge is -2.14. The minimum absolute atomic E-state index is 0.0777. The Labute approximate surface area is 112 Å². The predicted octanol–water partition coefficient (Wildman–Crippen LogP) is 4.19. The monoisotopic (exact) mass is 254 g/mol. The van der Waals surface area contributed by atoms with E-state index in [2.05, 4.69) is 11.1 Å². The van der Waals surface area contributed by atoms with E-state index in [1.165, 1.54) is 6.20 Å². The molecule has 1 aromatic carbocycles. The number of rotatable bonds is 2. The Morgan fingerprint density at radius 2 is 2.00 bits per heavy atom. The fourth-order valence-corrected chi connectivity index (χ4v) is 2.22. The van der Waals surface area contributed by atoms with Crippen molar-refractivity contribution >= 4 is 0 Å². The van der Waals surface area contributed by atoms with Crippen molar-refractivity contribution < 1.29 is 4.39 Å². The van der Waals surface area contributed by atoms with Crippen LogP contribution in [-0.4, -0.2) is 4.98 Å². The molecule has 3 heteroatoms. The molecule has 0 saturated carbocycles. The molecule has 2 nitrogen and oxygen atoms in total. The van der Waals surface area contributed by atoms with Gasteiger partial charge < -0.3 is 0 Å². The number of halogens is 1. The second kappa shape index (κ2) is 5.19. The van der Waals surface area contributed by atoms with Crippen molar-refractivity contribution in [1.82, 2.24) is 4.98 Å². The van der Waals surface area contributed by atoms with E-state index in [-0.39, 0.29) is 11.7 Å². The van der Waals surface area contributed by atoms with Gasteiger partial charge in [0.05, 0.1) is 17.8 Å². The topological polar surface area (TPSA) is 36.7 Å². The molecule has 0 N–H and O–H groups in total. The maximum Gasteiger partial charge on any atom is 0.145 e. The first kappa shape index (κ1) is 13.2. The molecule has 2 aromatic rings.